The van der Waals surface area contributed by atoms with Crippen LogP contribution < -0.4 is 14.8 Å². The Bertz CT molecular complexity index is 1010. The third-order valence-corrected chi connectivity index (χ3v) is 5.26. The number of thiazole rings is 1. The predicted octanol–water partition coefficient (Wildman–Crippen LogP) is 5.19. The molecule has 0 spiro atoms. The Kier molecular flexibility index (Phi) is 6.39. The number of ether oxygens (including phenoxy) is 2. The van der Waals surface area contributed by atoms with E-state index in [0.717, 1.165) is 5.69 Å². The van der Waals surface area contributed by atoms with Gasteiger partial charge in [-0.15, -0.1) is 11.3 Å². The molecule has 2 aromatic carbocycles. The molecule has 0 saturated carbocycles. The molecule has 1 amide bonds. The van der Waals surface area contributed by atoms with Gasteiger partial charge in [0.2, 0.25) is 0 Å². The van der Waals surface area contributed by atoms with Gasteiger partial charge in [0, 0.05) is 16.0 Å². The smallest absolute Gasteiger partial charge is 0.252 e. The van der Waals surface area contributed by atoms with E-state index < -0.39 is 11.4 Å². The van der Waals surface area contributed by atoms with Crippen LogP contribution in [0.5, 0.6) is 11.5 Å². The third-order valence-electron chi connectivity index (χ3n) is 4.32. The van der Waals surface area contributed by atoms with Crippen molar-refractivity contribution in [1.82, 2.24) is 10.3 Å². The summed E-state index contributed by atoms with van der Waals surface area (Å²) >= 11 is 7.65. The van der Waals surface area contributed by atoms with Crippen LogP contribution in [0.15, 0.2) is 47.3 Å². The first-order valence-electron chi connectivity index (χ1n) is 8.76. The van der Waals surface area contributed by atoms with E-state index in [-0.39, 0.29) is 10.9 Å². The Morgan fingerprint density at radius 1 is 1.24 bits per heavy atom. The van der Waals surface area contributed by atoms with Crippen LogP contribution in [-0.4, -0.2) is 18.0 Å². The van der Waals surface area contributed by atoms with Crippen molar-refractivity contribution < 1.29 is 18.7 Å². The maximum absolute atomic E-state index is 13.3. The van der Waals surface area contributed by atoms with E-state index in [1.165, 1.54) is 30.6 Å². The molecule has 0 fully saturated rings. The first-order valence-corrected chi connectivity index (χ1v) is 10.1. The van der Waals surface area contributed by atoms with Crippen molar-refractivity contribution in [3.05, 3.63) is 74.9 Å². The number of rotatable bonds is 7. The maximum atomic E-state index is 13.3. The monoisotopic (exact) mass is 434 g/mol. The molecule has 3 rings (SSSR count). The topological polar surface area (TPSA) is 60.5 Å². The fraction of sp³-hybridized carbons (Fsp3) is 0.238. The highest BCUT2D eigenvalue weighted by Crippen LogP contribution is 2.31. The van der Waals surface area contributed by atoms with Crippen LogP contribution in [0.3, 0.4) is 0 Å². The zero-order valence-electron chi connectivity index (χ0n) is 16.2. The lowest BCUT2D eigenvalue weighted by atomic mass is 9.93. The van der Waals surface area contributed by atoms with Crippen molar-refractivity contribution in [3.8, 4) is 11.5 Å². The minimum Gasteiger partial charge on any atom is -0.493 e. The van der Waals surface area contributed by atoms with Gasteiger partial charge >= 0.3 is 0 Å². The summed E-state index contributed by atoms with van der Waals surface area (Å²) in [5.41, 5.74) is 2.75. The van der Waals surface area contributed by atoms with E-state index in [9.17, 15) is 9.18 Å². The van der Waals surface area contributed by atoms with Crippen LogP contribution in [0.25, 0.3) is 0 Å². The molecule has 0 aliphatic heterocycles. The molecular weight excluding hydrogens is 415 g/mol. The largest absolute Gasteiger partial charge is 0.493 e. The summed E-state index contributed by atoms with van der Waals surface area (Å²) in [7, 11) is 1.51. The van der Waals surface area contributed by atoms with Crippen LogP contribution in [-0.2, 0) is 12.1 Å². The summed E-state index contributed by atoms with van der Waals surface area (Å²) in [5.74, 6) is 0.196. The Balaban J connectivity index is 1.76. The second kappa shape index (κ2) is 8.80. The predicted molar refractivity (Wildman–Crippen MR) is 111 cm³/mol. The van der Waals surface area contributed by atoms with Gasteiger partial charge in [0.15, 0.2) is 11.5 Å². The van der Waals surface area contributed by atoms with Crippen LogP contribution >= 0.6 is 22.9 Å². The molecule has 1 heterocycles. The van der Waals surface area contributed by atoms with Crippen molar-refractivity contribution in [2.75, 3.05) is 7.11 Å². The summed E-state index contributed by atoms with van der Waals surface area (Å²) in [5, 5.41) is 5.07. The number of methoxy groups -OCH3 is 1. The normalized spacial score (nSPS) is 11.2. The number of aromatic nitrogens is 1. The first-order chi connectivity index (χ1) is 13.8. The van der Waals surface area contributed by atoms with E-state index in [0.29, 0.717) is 29.2 Å². The number of nitrogens with one attached hydrogen (secondary N) is 1. The Morgan fingerprint density at radius 3 is 2.69 bits per heavy atom. The molecule has 0 unspecified atom stereocenters. The summed E-state index contributed by atoms with van der Waals surface area (Å²) in [4.78, 5) is 17.0. The molecule has 152 valence electrons. The first kappa shape index (κ1) is 21.1. The minimum absolute atomic E-state index is 0.249. The highest BCUT2D eigenvalue weighted by molar-refractivity contribution is 7.07. The number of hydrogen-bond acceptors (Lipinski definition) is 5. The van der Waals surface area contributed by atoms with Gasteiger partial charge in [-0.3, -0.25) is 4.79 Å². The molecule has 8 heteroatoms. The van der Waals surface area contributed by atoms with Gasteiger partial charge < -0.3 is 14.8 Å². The Hall–Kier alpha value is -2.64. The Labute approximate surface area is 177 Å². The lowest BCUT2D eigenvalue weighted by molar-refractivity contribution is 0.0911. The molecule has 5 nitrogen and oxygen atoms in total. The van der Waals surface area contributed by atoms with Crippen molar-refractivity contribution in [1.29, 1.82) is 0 Å². The van der Waals surface area contributed by atoms with E-state index in [1.54, 1.807) is 43.6 Å². The van der Waals surface area contributed by atoms with Gasteiger partial charge in [0.05, 0.1) is 23.9 Å². The van der Waals surface area contributed by atoms with Crippen LogP contribution in [0, 0.1) is 5.82 Å². The molecule has 1 aromatic heterocycles. The molecule has 0 aliphatic carbocycles. The van der Waals surface area contributed by atoms with E-state index in [4.69, 9.17) is 21.1 Å². The number of hydrogen-bond donors (Lipinski definition) is 1. The molecule has 3 aromatic rings. The van der Waals surface area contributed by atoms with Crippen LogP contribution in [0.4, 0.5) is 4.39 Å². The molecule has 0 bridgehead atoms. The van der Waals surface area contributed by atoms with Crippen LogP contribution in [0.1, 0.15) is 35.5 Å². The zero-order chi connectivity index (χ0) is 21.0. The number of nitrogens with zero attached hydrogens (tertiary/aromatic N) is 1. The molecule has 0 atom stereocenters. The number of carbonyl (C=O) groups excluding carboxylic acids is 1. The van der Waals surface area contributed by atoms with Crippen molar-refractivity contribution in [3.63, 3.8) is 0 Å². The number of halogens is 2. The highest BCUT2D eigenvalue weighted by Gasteiger charge is 2.26. The van der Waals surface area contributed by atoms with Crippen molar-refractivity contribution >= 4 is 28.8 Å². The van der Waals surface area contributed by atoms with Gasteiger partial charge in [-0.1, -0.05) is 17.7 Å². The summed E-state index contributed by atoms with van der Waals surface area (Å²) in [6, 6.07) is 9.03. The molecular formula is C21H20ClFN2O3S. The second-order valence-corrected chi connectivity index (χ2v) is 7.96. The zero-order valence-corrected chi connectivity index (χ0v) is 17.7. The quantitative estimate of drug-likeness (QED) is 0.556. The van der Waals surface area contributed by atoms with Crippen LogP contribution in [0.2, 0.25) is 5.02 Å². The van der Waals surface area contributed by atoms with Gasteiger partial charge in [-0.2, -0.15) is 0 Å². The molecule has 0 saturated heterocycles. The third kappa shape index (κ3) is 5.05. The van der Waals surface area contributed by atoms with E-state index >= 15 is 0 Å². The number of carbonyl (C=O) groups is 1. The SMILES string of the molecule is COc1cc(C(=O)NC(C)(C)c2ccc(F)cc2Cl)ccc1OCc1cscn1. The summed E-state index contributed by atoms with van der Waals surface area (Å²) in [6.07, 6.45) is 0. The average molecular weight is 435 g/mol. The maximum Gasteiger partial charge on any atom is 0.252 e. The minimum atomic E-state index is -0.811. The van der Waals surface area contributed by atoms with Gasteiger partial charge in [0.25, 0.3) is 5.91 Å². The van der Waals surface area contributed by atoms with Gasteiger partial charge in [0.1, 0.15) is 12.4 Å². The number of amides is 1. The summed E-state index contributed by atoms with van der Waals surface area (Å²) < 4.78 is 24.4. The molecule has 1 N–H and O–H groups in total. The number of benzene rings is 2. The second-order valence-electron chi connectivity index (χ2n) is 6.84. The fourth-order valence-corrected chi connectivity index (χ4v) is 3.75. The van der Waals surface area contributed by atoms with E-state index in [1.807, 2.05) is 5.38 Å². The molecule has 29 heavy (non-hydrogen) atoms. The molecule has 0 radical (unpaired) electrons. The van der Waals surface area contributed by atoms with Crippen molar-refractivity contribution in [2.45, 2.75) is 26.0 Å². The Morgan fingerprint density at radius 2 is 2.03 bits per heavy atom. The molecule has 0 aliphatic rings. The van der Waals surface area contributed by atoms with Crippen molar-refractivity contribution in [2.24, 2.45) is 0 Å². The lowest BCUT2D eigenvalue weighted by Crippen LogP contribution is -2.41. The standard InChI is InChI=1S/C21H20ClFN2O3S/c1-21(2,16-6-5-14(23)9-17(16)22)25-20(26)13-4-7-18(19(8-13)27-3)28-10-15-11-29-12-24-15/h4-9,11-12H,10H2,1-3H3,(H,25,26). The van der Waals surface area contributed by atoms with Gasteiger partial charge in [-0.05, 0) is 49.7 Å². The van der Waals surface area contributed by atoms with Gasteiger partial charge in [-0.25, -0.2) is 9.37 Å². The highest BCUT2D eigenvalue weighted by atomic mass is 35.5. The fourth-order valence-electron chi connectivity index (χ4n) is 2.81. The summed E-state index contributed by atoms with van der Waals surface area (Å²) in [6.45, 7) is 3.90. The lowest BCUT2D eigenvalue weighted by Gasteiger charge is -2.28. The van der Waals surface area contributed by atoms with E-state index in [2.05, 4.69) is 10.3 Å². The average Bonchev–Trinajstić information content (AvgIpc) is 3.19.